The molecule has 1 aliphatic rings. The van der Waals surface area contributed by atoms with Crippen LogP contribution in [0.15, 0.2) is 35.9 Å². The van der Waals surface area contributed by atoms with Crippen LogP contribution in [0.1, 0.15) is 32.4 Å². The van der Waals surface area contributed by atoms with Crippen LogP contribution in [0.3, 0.4) is 0 Å². The predicted molar refractivity (Wildman–Crippen MR) is 111 cm³/mol. The second-order valence-electron chi connectivity index (χ2n) is 6.03. The van der Waals surface area contributed by atoms with Gasteiger partial charge in [0.2, 0.25) is 0 Å². The maximum atomic E-state index is 4.80. The Hall–Kier alpha value is -2.39. The molecule has 4 heterocycles. The Morgan fingerprint density at radius 2 is 2.15 bits per heavy atom. The highest BCUT2D eigenvalue weighted by Gasteiger charge is 2.24. The lowest BCUT2D eigenvalue weighted by Crippen LogP contribution is -2.00. The minimum absolute atomic E-state index is 0.685. The van der Waals surface area contributed by atoms with Crippen LogP contribution >= 0.6 is 23.3 Å². The molecule has 0 aliphatic heterocycles. The molecule has 27 heavy (non-hydrogen) atoms. The van der Waals surface area contributed by atoms with Crippen LogP contribution in [0.25, 0.3) is 16.9 Å². The number of aryl methyl sites for hydroxylation is 1. The van der Waals surface area contributed by atoms with E-state index in [0.717, 1.165) is 38.4 Å². The lowest BCUT2D eigenvalue weighted by atomic mass is 10.3. The molecule has 1 saturated carbocycles. The van der Waals surface area contributed by atoms with Crippen LogP contribution in [0, 0.1) is 6.92 Å². The lowest BCUT2D eigenvalue weighted by molar-refractivity contribution is 1.03. The molecule has 0 amide bonds. The van der Waals surface area contributed by atoms with E-state index in [1.165, 1.54) is 24.4 Å². The lowest BCUT2D eigenvalue weighted by Gasteiger charge is -2.09. The van der Waals surface area contributed by atoms with E-state index < -0.39 is 0 Å². The molecular weight excluding hydrogens is 378 g/mol. The van der Waals surface area contributed by atoms with Gasteiger partial charge in [0.1, 0.15) is 10.0 Å². The summed E-state index contributed by atoms with van der Waals surface area (Å²) >= 11 is 3.26. The monoisotopic (exact) mass is 399 g/mol. The largest absolute Gasteiger partial charge is 0.328 e. The van der Waals surface area contributed by atoms with Crippen molar-refractivity contribution in [2.24, 2.45) is 0 Å². The zero-order chi connectivity index (χ0) is 18.8. The van der Waals surface area contributed by atoms with Crippen LogP contribution in [0.2, 0.25) is 0 Å². The molecule has 5 rings (SSSR count). The number of imidazole rings is 1. The maximum Gasteiger partial charge on any atom is 0.181 e. The Balaban J connectivity index is 0.000000872. The van der Waals surface area contributed by atoms with Gasteiger partial charge in [-0.25, -0.2) is 9.97 Å². The van der Waals surface area contributed by atoms with Gasteiger partial charge in [-0.05, 0) is 37.4 Å². The molecule has 0 bridgehead atoms. The van der Waals surface area contributed by atoms with E-state index in [0.29, 0.717) is 5.25 Å². The predicted octanol–water partition coefficient (Wildman–Crippen LogP) is 4.91. The smallest absolute Gasteiger partial charge is 0.181 e. The first kappa shape index (κ1) is 18.0. The number of nitrogens with zero attached hydrogens (tertiary/aromatic N) is 5. The second-order valence-corrected chi connectivity index (χ2v) is 8.15. The number of fused-ring (bicyclic) bond motifs is 1. The highest BCUT2D eigenvalue weighted by Crippen LogP contribution is 2.39. The van der Waals surface area contributed by atoms with Gasteiger partial charge in [0.25, 0.3) is 0 Å². The van der Waals surface area contributed by atoms with Crippen LogP contribution < -0.4 is 5.32 Å². The van der Waals surface area contributed by atoms with Gasteiger partial charge in [-0.15, -0.1) is 11.8 Å². The molecule has 2 N–H and O–H groups in total. The van der Waals surface area contributed by atoms with Gasteiger partial charge in [-0.1, -0.05) is 13.8 Å². The Morgan fingerprint density at radius 3 is 2.81 bits per heavy atom. The van der Waals surface area contributed by atoms with Crippen molar-refractivity contribution in [3.8, 4) is 11.3 Å². The molecule has 0 unspecified atom stereocenters. The number of anilines is 2. The van der Waals surface area contributed by atoms with Crippen molar-refractivity contribution < 1.29 is 0 Å². The van der Waals surface area contributed by atoms with Crippen molar-refractivity contribution in [1.29, 1.82) is 0 Å². The normalized spacial score (nSPS) is 13.4. The molecular formula is C18H21N7S2. The van der Waals surface area contributed by atoms with E-state index >= 15 is 0 Å². The molecule has 140 valence electrons. The van der Waals surface area contributed by atoms with E-state index in [1.54, 1.807) is 6.20 Å². The number of hydrogen-bond acceptors (Lipinski definition) is 7. The van der Waals surface area contributed by atoms with E-state index in [-0.39, 0.29) is 0 Å². The third kappa shape index (κ3) is 3.84. The third-order valence-corrected chi connectivity index (χ3v) is 5.98. The minimum Gasteiger partial charge on any atom is -0.328 e. The summed E-state index contributed by atoms with van der Waals surface area (Å²) in [6.07, 6.45) is 10.1. The van der Waals surface area contributed by atoms with E-state index in [2.05, 4.69) is 35.5 Å². The molecule has 7 nitrogen and oxygen atoms in total. The number of aromatic amines is 1. The third-order valence-electron chi connectivity index (χ3n) is 3.95. The highest BCUT2D eigenvalue weighted by atomic mass is 32.2. The first-order chi connectivity index (χ1) is 13.3. The molecule has 9 heteroatoms. The van der Waals surface area contributed by atoms with Gasteiger partial charge < -0.3 is 5.32 Å². The number of nitrogens with one attached hydrogen (secondary N) is 2. The average molecular weight is 400 g/mol. The van der Waals surface area contributed by atoms with Gasteiger partial charge in [0, 0.05) is 23.2 Å². The summed E-state index contributed by atoms with van der Waals surface area (Å²) in [5, 5.41) is 12.9. The molecule has 0 aromatic carbocycles. The van der Waals surface area contributed by atoms with Gasteiger partial charge in [-0.2, -0.15) is 9.47 Å². The first-order valence-electron chi connectivity index (χ1n) is 9.00. The summed E-state index contributed by atoms with van der Waals surface area (Å²) in [5.41, 5.74) is 3.78. The fourth-order valence-corrected chi connectivity index (χ4v) is 4.29. The Kier molecular flexibility index (Phi) is 5.13. The van der Waals surface area contributed by atoms with Crippen LogP contribution in [0.4, 0.5) is 10.8 Å². The molecule has 0 saturated heterocycles. The minimum atomic E-state index is 0.685. The van der Waals surface area contributed by atoms with Gasteiger partial charge >= 0.3 is 0 Å². The number of rotatable bonds is 5. The van der Waals surface area contributed by atoms with Crippen molar-refractivity contribution in [2.45, 2.75) is 43.9 Å². The second kappa shape index (κ2) is 7.69. The Labute approximate surface area is 165 Å². The topological polar surface area (TPSA) is 83.8 Å². The van der Waals surface area contributed by atoms with Crippen LogP contribution in [0.5, 0.6) is 0 Å². The van der Waals surface area contributed by atoms with Crippen molar-refractivity contribution in [1.82, 2.24) is 28.9 Å². The van der Waals surface area contributed by atoms with Crippen molar-refractivity contribution in [2.75, 3.05) is 5.32 Å². The fraction of sp³-hybridized carbons (Fsp3) is 0.333. The molecule has 4 aromatic rings. The summed E-state index contributed by atoms with van der Waals surface area (Å²) in [6.45, 7) is 5.98. The molecule has 1 fully saturated rings. The summed E-state index contributed by atoms with van der Waals surface area (Å²) in [7, 11) is 0. The van der Waals surface area contributed by atoms with Crippen molar-refractivity contribution >= 4 is 39.8 Å². The van der Waals surface area contributed by atoms with E-state index in [4.69, 9.17) is 4.98 Å². The summed E-state index contributed by atoms with van der Waals surface area (Å²) in [6, 6.07) is 2.02. The molecule has 0 atom stereocenters. The van der Waals surface area contributed by atoms with Gasteiger partial charge in [-0.3, -0.25) is 9.50 Å². The van der Waals surface area contributed by atoms with Gasteiger partial charge in [0.05, 0.1) is 23.8 Å². The standard InChI is InChI=1S/C16H15N7S2.C2H6/c1-9-4-13(25-22-9)20-15-16-17-7-12(10-5-18-19-6-10)23(16)8-14(21-15)24-11-2-3-11;1-2/h4-8,11H,2-3H2,1H3,(H,18,19)(H,20,21);1-2H3. The maximum absolute atomic E-state index is 4.80. The molecule has 4 aromatic heterocycles. The number of hydrogen-bond donors (Lipinski definition) is 2. The van der Waals surface area contributed by atoms with Crippen molar-refractivity contribution in [3.63, 3.8) is 0 Å². The van der Waals surface area contributed by atoms with Gasteiger partial charge in [0.15, 0.2) is 11.5 Å². The highest BCUT2D eigenvalue weighted by molar-refractivity contribution is 8.00. The Bertz CT molecular complexity index is 1030. The van der Waals surface area contributed by atoms with E-state index in [9.17, 15) is 0 Å². The summed E-state index contributed by atoms with van der Waals surface area (Å²) < 4.78 is 6.41. The first-order valence-corrected chi connectivity index (χ1v) is 10.7. The molecule has 0 spiro atoms. The summed E-state index contributed by atoms with van der Waals surface area (Å²) in [4.78, 5) is 9.39. The molecule has 1 aliphatic carbocycles. The van der Waals surface area contributed by atoms with Crippen molar-refractivity contribution in [3.05, 3.63) is 36.5 Å². The quantitative estimate of drug-likeness (QED) is 0.496. The fourth-order valence-electron chi connectivity index (χ4n) is 2.61. The Morgan fingerprint density at radius 1 is 1.30 bits per heavy atom. The SMILES string of the molecule is CC.Cc1cc(Nc2nc(SC3CC3)cn3c(-c4cn[nH]c4)cnc23)sn1. The molecule has 0 radical (unpaired) electrons. The zero-order valence-electron chi connectivity index (χ0n) is 15.4. The summed E-state index contributed by atoms with van der Waals surface area (Å²) in [5.74, 6) is 0.754. The number of thioether (sulfide) groups is 1. The number of H-pyrrole nitrogens is 1. The average Bonchev–Trinajstić information content (AvgIpc) is 3.07. The zero-order valence-corrected chi connectivity index (χ0v) is 17.1. The van der Waals surface area contributed by atoms with Crippen LogP contribution in [-0.4, -0.2) is 34.2 Å². The van der Waals surface area contributed by atoms with E-state index in [1.807, 2.05) is 51.0 Å². The number of aromatic nitrogens is 6. The van der Waals surface area contributed by atoms with Crippen LogP contribution in [-0.2, 0) is 0 Å².